The van der Waals surface area contributed by atoms with Gasteiger partial charge in [-0.15, -0.1) is 0 Å². The summed E-state index contributed by atoms with van der Waals surface area (Å²) < 4.78 is 5.26. The molecule has 2 saturated heterocycles. The van der Waals surface area contributed by atoms with Gasteiger partial charge in [0.25, 0.3) is 0 Å². The van der Waals surface area contributed by atoms with Crippen molar-refractivity contribution in [3.63, 3.8) is 0 Å². The molecule has 0 aliphatic carbocycles. The molecule has 114 valence electrons. The third-order valence-electron chi connectivity index (χ3n) is 4.15. The molecule has 20 heavy (non-hydrogen) atoms. The summed E-state index contributed by atoms with van der Waals surface area (Å²) in [5.41, 5.74) is -0.298. The standard InChI is InChI=1S/C15H26N2O3/c1-15(2,3)13(18)11-4-5-12(16-10-11)14(19)17-6-8-20-9-7-17/h11-12,16H,4-10H2,1-3H3. The number of hydrogen-bond acceptors (Lipinski definition) is 4. The molecule has 0 aromatic heterocycles. The van der Waals surface area contributed by atoms with Gasteiger partial charge >= 0.3 is 0 Å². The first-order valence-electron chi connectivity index (χ1n) is 7.54. The fraction of sp³-hybridized carbons (Fsp3) is 0.867. The Morgan fingerprint density at radius 3 is 2.30 bits per heavy atom. The molecule has 0 radical (unpaired) electrons. The van der Waals surface area contributed by atoms with Crippen LogP contribution in [0.2, 0.25) is 0 Å². The predicted octanol–water partition coefficient (Wildman–Crippen LogP) is 0.829. The number of nitrogens with zero attached hydrogens (tertiary/aromatic N) is 1. The summed E-state index contributed by atoms with van der Waals surface area (Å²) in [7, 11) is 0. The molecule has 0 aromatic rings. The SMILES string of the molecule is CC(C)(C)C(=O)C1CCC(C(=O)N2CCOCC2)NC1. The Balaban J connectivity index is 1.84. The van der Waals surface area contributed by atoms with E-state index in [2.05, 4.69) is 5.32 Å². The van der Waals surface area contributed by atoms with E-state index in [1.807, 2.05) is 25.7 Å². The fourth-order valence-electron chi connectivity index (χ4n) is 2.91. The number of ketones is 1. The van der Waals surface area contributed by atoms with Gasteiger partial charge in [0.15, 0.2) is 0 Å². The zero-order chi connectivity index (χ0) is 14.8. The monoisotopic (exact) mass is 282 g/mol. The summed E-state index contributed by atoms with van der Waals surface area (Å²) in [6.45, 7) is 9.12. The van der Waals surface area contributed by atoms with Crippen LogP contribution in [0.5, 0.6) is 0 Å². The van der Waals surface area contributed by atoms with Crippen molar-refractivity contribution in [2.75, 3.05) is 32.8 Å². The van der Waals surface area contributed by atoms with Crippen LogP contribution in [0.4, 0.5) is 0 Å². The van der Waals surface area contributed by atoms with Gasteiger partial charge in [0.2, 0.25) is 5.91 Å². The van der Waals surface area contributed by atoms with Gasteiger partial charge in [-0.25, -0.2) is 0 Å². The third kappa shape index (κ3) is 3.58. The molecule has 0 bridgehead atoms. The van der Waals surface area contributed by atoms with E-state index in [0.29, 0.717) is 38.6 Å². The molecule has 2 rings (SSSR count). The highest BCUT2D eigenvalue weighted by atomic mass is 16.5. The van der Waals surface area contributed by atoms with E-state index in [-0.39, 0.29) is 23.3 Å². The lowest BCUT2D eigenvalue weighted by Crippen LogP contribution is -2.54. The number of ether oxygens (including phenoxy) is 1. The number of morpholine rings is 1. The van der Waals surface area contributed by atoms with Crippen molar-refractivity contribution in [3.05, 3.63) is 0 Å². The molecule has 1 amide bonds. The molecule has 2 heterocycles. The normalized spacial score (nSPS) is 28.2. The Morgan fingerprint density at radius 2 is 1.80 bits per heavy atom. The number of rotatable bonds is 2. The second kappa shape index (κ2) is 6.22. The Bertz CT molecular complexity index is 362. The minimum Gasteiger partial charge on any atom is -0.378 e. The first kappa shape index (κ1) is 15.4. The van der Waals surface area contributed by atoms with Gasteiger partial charge in [0.05, 0.1) is 19.3 Å². The molecule has 2 atom stereocenters. The first-order valence-corrected chi connectivity index (χ1v) is 7.54. The van der Waals surface area contributed by atoms with Crippen molar-refractivity contribution in [1.82, 2.24) is 10.2 Å². The summed E-state index contributed by atoms with van der Waals surface area (Å²) in [5, 5.41) is 3.27. The summed E-state index contributed by atoms with van der Waals surface area (Å²) in [6, 6.07) is -0.128. The van der Waals surface area contributed by atoms with Crippen LogP contribution in [0.25, 0.3) is 0 Å². The Labute approximate surface area is 121 Å². The van der Waals surface area contributed by atoms with Crippen LogP contribution in [0, 0.1) is 11.3 Å². The van der Waals surface area contributed by atoms with Gasteiger partial charge in [-0.3, -0.25) is 9.59 Å². The first-order chi connectivity index (χ1) is 9.39. The lowest BCUT2D eigenvalue weighted by molar-refractivity contribution is -0.140. The number of carbonyl (C=O) groups excluding carboxylic acids is 2. The molecule has 2 unspecified atom stereocenters. The van der Waals surface area contributed by atoms with E-state index in [1.165, 1.54) is 0 Å². The molecule has 2 aliphatic heterocycles. The fourth-order valence-corrected chi connectivity index (χ4v) is 2.91. The number of nitrogens with one attached hydrogen (secondary N) is 1. The van der Waals surface area contributed by atoms with Crippen molar-refractivity contribution in [3.8, 4) is 0 Å². The molecule has 2 aliphatic rings. The summed E-state index contributed by atoms with van der Waals surface area (Å²) >= 11 is 0. The van der Waals surface area contributed by atoms with Crippen LogP contribution >= 0.6 is 0 Å². The maximum atomic E-state index is 12.3. The molecule has 0 aromatic carbocycles. The quantitative estimate of drug-likeness (QED) is 0.815. The highest BCUT2D eigenvalue weighted by Crippen LogP contribution is 2.26. The van der Waals surface area contributed by atoms with Crippen molar-refractivity contribution >= 4 is 11.7 Å². The molecule has 5 heteroatoms. The van der Waals surface area contributed by atoms with E-state index >= 15 is 0 Å². The van der Waals surface area contributed by atoms with Crippen LogP contribution in [0.1, 0.15) is 33.6 Å². The van der Waals surface area contributed by atoms with E-state index < -0.39 is 0 Å². The number of Topliss-reactive ketones (excluding diaryl/α,β-unsaturated/α-hetero) is 1. The van der Waals surface area contributed by atoms with Gasteiger partial charge in [-0.2, -0.15) is 0 Å². The van der Waals surface area contributed by atoms with Crippen molar-refractivity contribution in [1.29, 1.82) is 0 Å². The van der Waals surface area contributed by atoms with Gasteiger partial charge < -0.3 is 15.0 Å². The topological polar surface area (TPSA) is 58.6 Å². The number of amides is 1. The zero-order valence-electron chi connectivity index (χ0n) is 12.8. The van der Waals surface area contributed by atoms with Gasteiger partial charge in [-0.05, 0) is 12.8 Å². The molecule has 0 spiro atoms. The Hall–Kier alpha value is -0.940. The Kier molecular flexibility index (Phi) is 4.81. The largest absolute Gasteiger partial charge is 0.378 e. The smallest absolute Gasteiger partial charge is 0.239 e. The second-order valence-corrected chi connectivity index (χ2v) is 6.79. The van der Waals surface area contributed by atoms with Crippen LogP contribution < -0.4 is 5.32 Å². The second-order valence-electron chi connectivity index (χ2n) is 6.79. The average molecular weight is 282 g/mol. The predicted molar refractivity (Wildman–Crippen MR) is 76.4 cm³/mol. The number of carbonyl (C=O) groups is 2. The molecule has 0 saturated carbocycles. The minimum absolute atomic E-state index is 0.0451. The summed E-state index contributed by atoms with van der Waals surface area (Å²) in [6.07, 6.45) is 1.56. The lowest BCUT2D eigenvalue weighted by atomic mass is 9.79. The maximum absolute atomic E-state index is 12.3. The average Bonchev–Trinajstić information content (AvgIpc) is 2.46. The lowest BCUT2D eigenvalue weighted by Gasteiger charge is -2.35. The van der Waals surface area contributed by atoms with Crippen LogP contribution in [0.15, 0.2) is 0 Å². The maximum Gasteiger partial charge on any atom is 0.239 e. The van der Waals surface area contributed by atoms with Crippen molar-refractivity contribution in [2.24, 2.45) is 11.3 Å². The number of piperidine rings is 1. The molecular formula is C15H26N2O3. The van der Waals surface area contributed by atoms with Gasteiger partial charge in [0.1, 0.15) is 5.78 Å². The van der Waals surface area contributed by atoms with Crippen molar-refractivity contribution in [2.45, 2.75) is 39.7 Å². The highest BCUT2D eigenvalue weighted by Gasteiger charge is 2.35. The van der Waals surface area contributed by atoms with Crippen LogP contribution in [-0.4, -0.2) is 55.5 Å². The highest BCUT2D eigenvalue weighted by molar-refractivity contribution is 5.87. The molecule has 2 fully saturated rings. The summed E-state index contributed by atoms with van der Waals surface area (Å²) in [4.78, 5) is 26.5. The summed E-state index contributed by atoms with van der Waals surface area (Å²) in [5.74, 6) is 0.501. The van der Waals surface area contributed by atoms with E-state index in [0.717, 1.165) is 12.8 Å². The minimum atomic E-state index is -0.298. The molecule has 5 nitrogen and oxygen atoms in total. The molecular weight excluding hydrogens is 256 g/mol. The number of hydrogen-bond donors (Lipinski definition) is 1. The van der Waals surface area contributed by atoms with E-state index in [1.54, 1.807) is 0 Å². The van der Waals surface area contributed by atoms with Gasteiger partial charge in [-0.1, -0.05) is 20.8 Å². The third-order valence-corrected chi connectivity index (χ3v) is 4.15. The Morgan fingerprint density at radius 1 is 1.15 bits per heavy atom. The van der Waals surface area contributed by atoms with E-state index in [9.17, 15) is 9.59 Å². The molecule has 1 N–H and O–H groups in total. The van der Waals surface area contributed by atoms with Crippen molar-refractivity contribution < 1.29 is 14.3 Å². The van der Waals surface area contributed by atoms with Gasteiger partial charge in [0, 0.05) is 31.0 Å². The van der Waals surface area contributed by atoms with Crippen LogP contribution in [-0.2, 0) is 14.3 Å². The van der Waals surface area contributed by atoms with Crippen LogP contribution in [0.3, 0.4) is 0 Å². The zero-order valence-corrected chi connectivity index (χ0v) is 12.8. The van der Waals surface area contributed by atoms with E-state index in [4.69, 9.17) is 4.74 Å².